The second kappa shape index (κ2) is 7.45. The molecule has 1 aliphatic rings. The Morgan fingerprint density at radius 3 is 2.33 bits per heavy atom. The molecule has 0 bridgehead atoms. The Morgan fingerprint density at radius 1 is 0.848 bits per heavy atom. The van der Waals surface area contributed by atoms with Crippen molar-refractivity contribution in [2.24, 2.45) is 0 Å². The van der Waals surface area contributed by atoms with Crippen LogP contribution in [0.1, 0.15) is 0 Å². The molecule has 0 atom stereocenters. The van der Waals surface area contributed by atoms with Gasteiger partial charge in [-0.05, 0) is 42.5 Å². The number of fused-ring (bicyclic) bond motifs is 2. The molecule has 0 radical (unpaired) electrons. The van der Waals surface area contributed by atoms with E-state index in [9.17, 15) is 22.8 Å². The van der Waals surface area contributed by atoms with Crippen molar-refractivity contribution in [2.45, 2.75) is 4.90 Å². The SMILES string of the molecule is CN1C(=O)CN(S(=O)(=O)c2cccc(-n3c(=O)[nH]c4ccccc4c3=O)c2)c2ccccc21. The van der Waals surface area contributed by atoms with Gasteiger partial charge < -0.3 is 9.88 Å². The molecule has 0 fully saturated rings. The first kappa shape index (κ1) is 20.7. The largest absolute Gasteiger partial charge is 0.333 e. The molecule has 0 unspecified atom stereocenters. The lowest BCUT2D eigenvalue weighted by Gasteiger charge is -2.34. The number of carbonyl (C=O) groups excluding carboxylic acids is 1. The first-order valence-electron chi connectivity index (χ1n) is 10.0. The number of sulfonamides is 1. The number of likely N-dealkylation sites (N-methyl/N-ethyl adjacent to an activating group) is 1. The number of aromatic amines is 1. The van der Waals surface area contributed by atoms with Crippen LogP contribution in [0.4, 0.5) is 11.4 Å². The second-order valence-corrected chi connectivity index (χ2v) is 9.43. The van der Waals surface area contributed by atoms with Crippen LogP contribution in [0.2, 0.25) is 0 Å². The molecule has 1 amide bonds. The molecule has 0 saturated heterocycles. The molecular formula is C23H18N4O5S. The standard InChI is InChI=1S/C23H18N4O5S/c1-25-19-11-4-5-12-20(19)26(14-21(25)28)33(31,32)16-8-6-7-15(13-16)27-22(29)17-9-2-3-10-18(17)24-23(27)30/h2-13H,14H2,1H3,(H,24,30). The summed E-state index contributed by atoms with van der Waals surface area (Å²) in [4.78, 5) is 42.0. The Hall–Kier alpha value is -4.18. The fraction of sp³-hybridized carbons (Fsp3) is 0.0870. The molecule has 2 heterocycles. The molecule has 1 N–H and O–H groups in total. The number of nitrogens with zero attached hydrogens (tertiary/aromatic N) is 3. The summed E-state index contributed by atoms with van der Waals surface area (Å²) in [5.74, 6) is -0.379. The van der Waals surface area contributed by atoms with E-state index in [1.54, 1.807) is 55.6 Å². The summed E-state index contributed by atoms with van der Waals surface area (Å²) in [6, 6.07) is 18.8. The van der Waals surface area contributed by atoms with E-state index in [2.05, 4.69) is 4.98 Å². The average molecular weight is 462 g/mol. The monoisotopic (exact) mass is 462 g/mol. The van der Waals surface area contributed by atoms with Crippen LogP contribution in [0.25, 0.3) is 16.6 Å². The Labute approximate surface area is 188 Å². The molecule has 0 saturated carbocycles. The number of benzene rings is 3. The van der Waals surface area contributed by atoms with E-state index in [1.807, 2.05) is 0 Å². The maximum Gasteiger partial charge on any atom is 0.333 e. The van der Waals surface area contributed by atoms with Crippen LogP contribution < -0.4 is 20.5 Å². The molecule has 4 aromatic rings. The zero-order valence-corrected chi connectivity index (χ0v) is 18.2. The molecule has 5 rings (SSSR count). The predicted molar refractivity (Wildman–Crippen MR) is 125 cm³/mol. The van der Waals surface area contributed by atoms with Crippen LogP contribution in [-0.2, 0) is 14.8 Å². The van der Waals surface area contributed by atoms with E-state index in [-0.39, 0.29) is 23.0 Å². The third-order valence-corrected chi connectivity index (χ3v) is 7.39. The molecule has 1 aromatic heterocycles. The number of H-pyrrole nitrogens is 1. The number of hydrogen-bond donors (Lipinski definition) is 1. The van der Waals surface area contributed by atoms with Crippen molar-refractivity contribution in [1.29, 1.82) is 0 Å². The Balaban J connectivity index is 1.66. The molecule has 33 heavy (non-hydrogen) atoms. The molecule has 9 nitrogen and oxygen atoms in total. The van der Waals surface area contributed by atoms with Gasteiger partial charge in [-0.3, -0.25) is 13.9 Å². The molecule has 1 aliphatic heterocycles. The van der Waals surface area contributed by atoms with Crippen molar-refractivity contribution in [1.82, 2.24) is 9.55 Å². The lowest BCUT2D eigenvalue weighted by Crippen LogP contribution is -2.46. The number of carbonyl (C=O) groups is 1. The third kappa shape index (κ3) is 3.23. The highest BCUT2D eigenvalue weighted by Gasteiger charge is 2.35. The fourth-order valence-electron chi connectivity index (χ4n) is 3.93. The summed E-state index contributed by atoms with van der Waals surface area (Å²) in [5.41, 5.74) is 0.0701. The van der Waals surface area contributed by atoms with E-state index in [0.29, 0.717) is 22.3 Å². The zero-order chi connectivity index (χ0) is 23.3. The van der Waals surface area contributed by atoms with Crippen LogP contribution in [0.15, 0.2) is 87.3 Å². The topological polar surface area (TPSA) is 113 Å². The maximum absolute atomic E-state index is 13.5. The molecule has 0 spiro atoms. The van der Waals surface area contributed by atoms with Crippen molar-refractivity contribution >= 4 is 38.2 Å². The highest BCUT2D eigenvalue weighted by atomic mass is 32.2. The van der Waals surface area contributed by atoms with E-state index in [1.165, 1.54) is 29.2 Å². The van der Waals surface area contributed by atoms with Gasteiger partial charge in [0.25, 0.3) is 15.6 Å². The van der Waals surface area contributed by atoms with Gasteiger partial charge in [-0.2, -0.15) is 0 Å². The van der Waals surface area contributed by atoms with Crippen LogP contribution in [0.3, 0.4) is 0 Å². The van der Waals surface area contributed by atoms with Crippen molar-refractivity contribution in [3.63, 3.8) is 0 Å². The highest BCUT2D eigenvalue weighted by Crippen LogP contribution is 2.36. The first-order chi connectivity index (χ1) is 15.8. The number of aromatic nitrogens is 2. The van der Waals surface area contributed by atoms with E-state index < -0.39 is 21.3 Å². The van der Waals surface area contributed by atoms with Gasteiger partial charge in [0.1, 0.15) is 6.54 Å². The highest BCUT2D eigenvalue weighted by molar-refractivity contribution is 7.92. The van der Waals surface area contributed by atoms with Gasteiger partial charge >= 0.3 is 5.69 Å². The Morgan fingerprint density at radius 2 is 1.55 bits per heavy atom. The predicted octanol–water partition coefficient (Wildman–Crippen LogP) is 1.85. The van der Waals surface area contributed by atoms with Crippen LogP contribution in [0, 0.1) is 0 Å². The normalized spacial score (nSPS) is 13.9. The minimum atomic E-state index is -4.17. The second-order valence-electron chi connectivity index (χ2n) is 7.57. The minimum absolute atomic E-state index is 0.0989. The number of anilines is 2. The first-order valence-corrected chi connectivity index (χ1v) is 11.5. The molecule has 0 aliphatic carbocycles. The maximum atomic E-state index is 13.5. The number of hydrogen-bond acceptors (Lipinski definition) is 5. The summed E-state index contributed by atoms with van der Waals surface area (Å²) < 4.78 is 29.0. The summed E-state index contributed by atoms with van der Waals surface area (Å²) >= 11 is 0. The van der Waals surface area contributed by atoms with Gasteiger partial charge in [0.15, 0.2) is 0 Å². The quantitative estimate of drug-likeness (QED) is 0.499. The van der Waals surface area contributed by atoms with Gasteiger partial charge in [-0.25, -0.2) is 17.8 Å². The van der Waals surface area contributed by atoms with Crippen molar-refractivity contribution in [2.75, 3.05) is 22.8 Å². The summed E-state index contributed by atoms with van der Waals surface area (Å²) in [6.07, 6.45) is 0. The smallest absolute Gasteiger partial charge is 0.312 e. The van der Waals surface area contributed by atoms with Gasteiger partial charge in [-0.1, -0.05) is 30.3 Å². The van der Waals surface area contributed by atoms with Crippen LogP contribution >= 0.6 is 0 Å². The van der Waals surface area contributed by atoms with Crippen molar-refractivity contribution < 1.29 is 13.2 Å². The Bertz CT molecular complexity index is 1660. The number of nitrogens with one attached hydrogen (secondary N) is 1. The number of para-hydroxylation sites is 3. The molecule has 10 heteroatoms. The van der Waals surface area contributed by atoms with Crippen molar-refractivity contribution in [3.8, 4) is 5.69 Å². The lowest BCUT2D eigenvalue weighted by molar-refractivity contribution is -0.117. The van der Waals surface area contributed by atoms with E-state index in [4.69, 9.17) is 0 Å². The Kier molecular flexibility index (Phi) is 4.68. The summed E-state index contributed by atoms with van der Waals surface area (Å²) in [6.45, 7) is -0.365. The van der Waals surface area contributed by atoms with Crippen LogP contribution in [0.5, 0.6) is 0 Å². The number of rotatable bonds is 3. The fourth-order valence-corrected chi connectivity index (χ4v) is 5.40. The summed E-state index contributed by atoms with van der Waals surface area (Å²) in [7, 11) is -2.58. The third-order valence-electron chi connectivity index (χ3n) is 5.63. The van der Waals surface area contributed by atoms with E-state index in [0.717, 1.165) is 8.87 Å². The minimum Gasteiger partial charge on any atom is -0.312 e. The average Bonchev–Trinajstić information content (AvgIpc) is 2.81. The van der Waals surface area contributed by atoms with Gasteiger partial charge in [-0.15, -0.1) is 0 Å². The molecular weight excluding hydrogens is 444 g/mol. The van der Waals surface area contributed by atoms with Gasteiger partial charge in [0.2, 0.25) is 5.91 Å². The molecule has 166 valence electrons. The van der Waals surface area contributed by atoms with Gasteiger partial charge in [0.05, 0.1) is 32.9 Å². The zero-order valence-electron chi connectivity index (χ0n) is 17.4. The lowest BCUT2D eigenvalue weighted by atomic mass is 10.2. The summed E-state index contributed by atoms with van der Waals surface area (Å²) in [5, 5.41) is 0.295. The van der Waals surface area contributed by atoms with Gasteiger partial charge in [0, 0.05) is 7.05 Å². The van der Waals surface area contributed by atoms with E-state index >= 15 is 0 Å². The number of amides is 1. The molecule has 3 aromatic carbocycles. The van der Waals surface area contributed by atoms with Crippen LogP contribution in [-0.4, -0.2) is 37.5 Å². The van der Waals surface area contributed by atoms with Crippen molar-refractivity contribution in [3.05, 3.63) is 93.6 Å².